The van der Waals surface area contributed by atoms with Gasteiger partial charge in [-0.15, -0.1) is 0 Å². The van der Waals surface area contributed by atoms with E-state index >= 15 is 0 Å². The van der Waals surface area contributed by atoms with Crippen LogP contribution in [0.3, 0.4) is 0 Å². The second-order valence-electron chi connectivity index (χ2n) is 20.6. The van der Waals surface area contributed by atoms with Crippen molar-refractivity contribution in [3.05, 3.63) is 97.2 Å². The average Bonchev–Trinajstić information content (AvgIpc) is 3.40. The van der Waals surface area contributed by atoms with Crippen molar-refractivity contribution in [3.63, 3.8) is 0 Å². The maximum Gasteiger partial charge on any atom is 0.306 e. The Balaban J connectivity index is 4.34. The largest absolute Gasteiger partial charge is 0.462 e. The Morgan fingerprint density at radius 2 is 0.568 bits per heavy atom. The van der Waals surface area contributed by atoms with Crippen LogP contribution in [0.4, 0.5) is 0 Å². The van der Waals surface area contributed by atoms with Crippen LogP contribution in [-0.2, 0) is 28.6 Å². The Labute approximate surface area is 457 Å². The Hall–Kier alpha value is -3.67. The number of hydrogen-bond acceptors (Lipinski definition) is 6. The third kappa shape index (κ3) is 59.2. The lowest BCUT2D eigenvalue weighted by Crippen LogP contribution is -2.30. The van der Waals surface area contributed by atoms with E-state index in [4.69, 9.17) is 14.2 Å². The molecule has 424 valence electrons. The highest BCUT2D eigenvalue weighted by atomic mass is 16.6. The molecule has 0 aliphatic carbocycles. The van der Waals surface area contributed by atoms with Crippen LogP contribution in [0.15, 0.2) is 97.2 Å². The number of ether oxygens (including phenoxy) is 3. The van der Waals surface area contributed by atoms with Crippen molar-refractivity contribution in [1.29, 1.82) is 0 Å². The van der Waals surface area contributed by atoms with Gasteiger partial charge in [0.15, 0.2) is 6.10 Å². The molecule has 0 saturated heterocycles. The van der Waals surface area contributed by atoms with E-state index in [1.165, 1.54) is 141 Å². The zero-order chi connectivity index (χ0) is 53.6. The Kier molecular flexibility index (Phi) is 58.8. The highest BCUT2D eigenvalue weighted by Crippen LogP contribution is 2.17. The first kappa shape index (κ1) is 70.3. The SMILES string of the molecule is CC/C=C\C/C=C\C/C=C\C/C=C\C/C=C\C/C=C\C/C=C\CCCC(=O)OCC(COC(=O)CCCCCCC/C=C\CCC)OC(=O)CCCCCCCCCCCCCCCCCCCCCCCCC. The molecule has 0 amide bonds. The predicted octanol–water partition coefficient (Wildman–Crippen LogP) is 21.3. The third-order valence-electron chi connectivity index (χ3n) is 13.3. The second kappa shape index (κ2) is 61.9. The molecule has 0 rings (SSSR count). The van der Waals surface area contributed by atoms with Gasteiger partial charge in [-0.25, -0.2) is 0 Å². The summed E-state index contributed by atoms with van der Waals surface area (Å²) in [5, 5.41) is 0. The van der Waals surface area contributed by atoms with E-state index in [1.807, 2.05) is 0 Å². The number of carbonyl (C=O) groups is 3. The van der Waals surface area contributed by atoms with Crippen LogP contribution < -0.4 is 0 Å². The molecule has 74 heavy (non-hydrogen) atoms. The van der Waals surface area contributed by atoms with Crippen molar-refractivity contribution in [3.8, 4) is 0 Å². The summed E-state index contributed by atoms with van der Waals surface area (Å²) in [7, 11) is 0. The van der Waals surface area contributed by atoms with Crippen LogP contribution in [0, 0.1) is 0 Å². The quantitative estimate of drug-likeness (QED) is 0.0261. The monoisotopic (exact) mass is 1030 g/mol. The lowest BCUT2D eigenvalue weighted by molar-refractivity contribution is -0.167. The topological polar surface area (TPSA) is 78.9 Å². The number of carbonyl (C=O) groups excluding carboxylic acids is 3. The van der Waals surface area contributed by atoms with Crippen molar-refractivity contribution in [2.75, 3.05) is 13.2 Å². The minimum atomic E-state index is -0.804. The van der Waals surface area contributed by atoms with Crippen LogP contribution in [0.5, 0.6) is 0 Å². The van der Waals surface area contributed by atoms with E-state index in [0.29, 0.717) is 19.3 Å². The lowest BCUT2D eigenvalue weighted by atomic mass is 10.0. The van der Waals surface area contributed by atoms with Crippen LogP contribution in [0.25, 0.3) is 0 Å². The Morgan fingerprint density at radius 3 is 0.946 bits per heavy atom. The standard InChI is InChI=1S/C68H116O6/c1-4-7-10-13-16-19-22-24-26-28-30-32-34-36-38-40-42-44-46-49-52-55-58-61-67(70)73-64-65(63-72-66(69)60-57-54-51-48-21-18-15-12-9-6-3)74-68(71)62-59-56-53-50-47-45-43-41-39-37-35-33-31-29-27-25-23-20-17-14-11-8-5-2/h7,10,12,15-16,19,24,26,30,32,36,38,42,44,49,52,65H,4-6,8-9,11,13-14,17-18,20-23,25,27-29,31,33-35,37,39-41,43,45-48,50-51,53-64H2,1-3H3/b10-7-,15-12-,19-16-,26-24-,32-30-,38-36-,44-42-,52-49-. The summed E-state index contributed by atoms with van der Waals surface area (Å²) in [5.41, 5.74) is 0. The fourth-order valence-electron chi connectivity index (χ4n) is 8.67. The lowest BCUT2D eigenvalue weighted by Gasteiger charge is -2.18. The second-order valence-corrected chi connectivity index (χ2v) is 20.6. The summed E-state index contributed by atoms with van der Waals surface area (Å²) < 4.78 is 16.8. The number of allylic oxidation sites excluding steroid dienone is 16. The fraction of sp³-hybridized carbons (Fsp3) is 0.721. The molecular weight excluding hydrogens is 913 g/mol. The molecule has 0 spiro atoms. The van der Waals surface area contributed by atoms with Crippen LogP contribution in [0.2, 0.25) is 0 Å². The molecule has 1 unspecified atom stereocenters. The van der Waals surface area contributed by atoms with E-state index in [-0.39, 0.29) is 37.5 Å². The Morgan fingerprint density at radius 1 is 0.284 bits per heavy atom. The van der Waals surface area contributed by atoms with Gasteiger partial charge in [0.1, 0.15) is 13.2 Å². The van der Waals surface area contributed by atoms with Gasteiger partial charge in [0.2, 0.25) is 0 Å². The van der Waals surface area contributed by atoms with Gasteiger partial charge in [0.25, 0.3) is 0 Å². The van der Waals surface area contributed by atoms with Gasteiger partial charge in [-0.05, 0) is 89.9 Å². The first-order valence-corrected chi connectivity index (χ1v) is 31.2. The minimum absolute atomic E-state index is 0.0985. The predicted molar refractivity (Wildman–Crippen MR) is 320 cm³/mol. The maximum absolute atomic E-state index is 12.9. The molecule has 6 heteroatoms. The van der Waals surface area contributed by atoms with Crippen LogP contribution >= 0.6 is 0 Å². The van der Waals surface area contributed by atoms with E-state index in [0.717, 1.165) is 109 Å². The molecule has 0 fully saturated rings. The van der Waals surface area contributed by atoms with Crippen LogP contribution in [-0.4, -0.2) is 37.2 Å². The molecular formula is C68H116O6. The first-order chi connectivity index (χ1) is 36.5. The average molecular weight is 1030 g/mol. The molecule has 0 heterocycles. The van der Waals surface area contributed by atoms with Gasteiger partial charge in [0, 0.05) is 19.3 Å². The van der Waals surface area contributed by atoms with Gasteiger partial charge in [-0.3, -0.25) is 14.4 Å². The molecule has 1 atom stereocenters. The maximum atomic E-state index is 12.9. The van der Waals surface area contributed by atoms with Gasteiger partial charge in [0.05, 0.1) is 0 Å². The molecule has 0 aliphatic heterocycles. The summed E-state index contributed by atoms with van der Waals surface area (Å²) in [4.78, 5) is 38.2. The molecule has 0 radical (unpaired) electrons. The summed E-state index contributed by atoms with van der Waals surface area (Å²) in [6, 6.07) is 0. The number of hydrogen-bond donors (Lipinski definition) is 0. The molecule has 0 aromatic carbocycles. The number of esters is 3. The number of rotatable bonds is 56. The normalized spacial score (nSPS) is 12.7. The van der Waals surface area contributed by atoms with Gasteiger partial charge in [-0.2, -0.15) is 0 Å². The summed E-state index contributed by atoms with van der Waals surface area (Å²) in [6.07, 6.45) is 82.9. The molecule has 0 aromatic heterocycles. The van der Waals surface area contributed by atoms with Gasteiger partial charge >= 0.3 is 17.9 Å². The zero-order valence-corrected chi connectivity index (χ0v) is 48.6. The van der Waals surface area contributed by atoms with E-state index < -0.39 is 6.10 Å². The van der Waals surface area contributed by atoms with Crippen molar-refractivity contribution >= 4 is 17.9 Å². The molecule has 0 aliphatic rings. The van der Waals surface area contributed by atoms with Crippen molar-refractivity contribution in [2.45, 2.75) is 303 Å². The molecule has 0 N–H and O–H groups in total. The van der Waals surface area contributed by atoms with E-state index in [9.17, 15) is 14.4 Å². The minimum Gasteiger partial charge on any atom is -0.462 e. The molecule has 0 bridgehead atoms. The summed E-state index contributed by atoms with van der Waals surface area (Å²) in [6.45, 7) is 6.43. The third-order valence-corrected chi connectivity index (χ3v) is 13.3. The van der Waals surface area contributed by atoms with Crippen LogP contribution in [0.1, 0.15) is 297 Å². The van der Waals surface area contributed by atoms with Crippen molar-refractivity contribution in [1.82, 2.24) is 0 Å². The molecule has 0 aromatic rings. The van der Waals surface area contributed by atoms with Gasteiger partial charge in [-0.1, -0.05) is 285 Å². The highest BCUT2D eigenvalue weighted by molar-refractivity contribution is 5.71. The van der Waals surface area contributed by atoms with E-state index in [1.54, 1.807) is 0 Å². The smallest absolute Gasteiger partial charge is 0.306 e. The summed E-state index contributed by atoms with van der Waals surface area (Å²) >= 11 is 0. The highest BCUT2D eigenvalue weighted by Gasteiger charge is 2.19. The zero-order valence-electron chi connectivity index (χ0n) is 48.6. The van der Waals surface area contributed by atoms with Crippen molar-refractivity contribution < 1.29 is 28.6 Å². The molecule has 0 saturated carbocycles. The number of unbranched alkanes of at least 4 members (excludes halogenated alkanes) is 29. The fourth-order valence-corrected chi connectivity index (χ4v) is 8.67. The Bertz CT molecular complexity index is 1460. The molecule has 6 nitrogen and oxygen atoms in total. The summed E-state index contributed by atoms with van der Waals surface area (Å²) in [5.74, 6) is -0.962. The first-order valence-electron chi connectivity index (χ1n) is 31.2. The van der Waals surface area contributed by atoms with E-state index in [2.05, 4.69) is 118 Å². The van der Waals surface area contributed by atoms with Crippen molar-refractivity contribution in [2.24, 2.45) is 0 Å². The van der Waals surface area contributed by atoms with Gasteiger partial charge < -0.3 is 14.2 Å².